The fourth-order valence-electron chi connectivity index (χ4n) is 0.823. The average molecular weight is 334 g/mol. The molecule has 1 heterocycles. The third-order valence-corrected chi connectivity index (χ3v) is 1.48. The second-order valence-electron chi connectivity index (χ2n) is 2.31. The number of ether oxygens (including phenoxy) is 1. The quantitative estimate of drug-likeness (QED) is 0.295. The van der Waals surface area contributed by atoms with Crippen molar-refractivity contribution in [2.24, 2.45) is 0 Å². The van der Waals surface area contributed by atoms with Gasteiger partial charge in [-0.05, 0) is 0 Å². The van der Waals surface area contributed by atoms with Gasteiger partial charge in [0.15, 0.2) is 11.9 Å². The maximum atomic E-state index is 10.5. The first kappa shape index (κ1) is 25.6. The first-order valence-electron chi connectivity index (χ1n) is 3.20. The van der Waals surface area contributed by atoms with Crippen LogP contribution in [0.2, 0.25) is 0 Å². The van der Waals surface area contributed by atoms with E-state index in [2.05, 4.69) is 4.74 Å². The van der Waals surface area contributed by atoms with Crippen LogP contribution in [0.5, 0.6) is 0 Å². The molecule has 0 saturated heterocycles. The zero-order valence-electron chi connectivity index (χ0n) is 8.02. The molecular formula is C6H8Cl2CuNaO6. The largest absolute Gasteiger partial charge is 1.00 e. The predicted molar refractivity (Wildman–Crippen MR) is 35.3 cm³/mol. The average Bonchev–Trinajstić information content (AvgIpc) is 2.32. The molecule has 94 valence electrons. The summed E-state index contributed by atoms with van der Waals surface area (Å²) in [5.41, 5.74) is 0. The first-order chi connectivity index (χ1) is 5.57. The van der Waals surface area contributed by atoms with E-state index in [0.29, 0.717) is 0 Å². The Labute approximate surface area is 137 Å². The summed E-state index contributed by atoms with van der Waals surface area (Å²) in [7, 11) is 0. The maximum Gasteiger partial charge on any atom is 1.00 e. The second kappa shape index (κ2) is 11.0. The molecule has 0 unspecified atom stereocenters. The SMILES string of the molecule is O=C1O[C@H]([C@@H](O)CO)C(O)=C1O.[Cl-].[Cl-].[Cu+].[Na+]. The van der Waals surface area contributed by atoms with Gasteiger partial charge in [-0.3, -0.25) is 0 Å². The summed E-state index contributed by atoms with van der Waals surface area (Å²) in [5, 5.41) is 35.0. The van der Waals surface area contributed by atoms with Crippen LogP contribution in [0, 0.1) is 0 Å². The molecule has 10 heteroatoms. The Kier molecular flexibility index (Phi) is 17.5. The van der Waals surface area contributed by atoms with Crippen molar-refractivity contribution < 1.29 is 101 Å². The van der Waals surface area contributed by atoms with Crippen LogP contribution in [0.1, 0.15) is 0 Å². The second-order valence-corrected chi connectivity index (χ2v) is 2.31. The number of aliphatic hydroxyl groups excluding tert-OH is 4. The molecule has 6 nitrogen and oxygen atoms in total. The van der Waals surface area contributed by atoms with Gasteiger partial charge in [0, 0.05) is 0 Å². The van der Waals surface area contributed by atoms with Crippen LogP contribution < -0.4 is 54.4 Å². The molecule has 0 radical (unpaired) electrons. The summed E-state index contributed by atoms with van der Waals surface area (Å²) in [4.78, 5) is 10.5. The minimum absolute atomic E-state index is 0. The zero-order chi connectivity index (χ0) is 9.30. The van der Waals surface area contributed by atoms with Crippen LogP contribution in [-0.4, -0.2) is 45.2 Å². The molecule has 0 spiro atoms. The van der Waals surface area contributed by atoms with Gasteiger partial charge in [-0.1, -0.05) is 0 Å². The maximum absolute atomic E-state index is 10.5. The van der Waals surface area contributed by atoms with E-state index in [9.17, 15) is 4.79 Å². The van der Waals surface area contributed by atoms with E-state index >= 15 is 0 Å². The molecule has 0 bridgehead atoms. The topological polar surface area (TPSA) is 107 Å². The minimum atomic E-state index is -1.42. The molecule has 0 aromatic carbocycles. The fraction of sp³-hybridized carbons (Fsp3) is 0.500. The Hall–Kier alpha value is 0.829. The van der Waals surface area contributed by atoms with Gasteiger partial charge in [0.25, 0.3) is 0 Å². The molecule has 16 heavy (non-hydrogen) atoms. The number of carbonyl (C=O) groups is 1. The summed E-state index contributed by atoms with van der Waals surface area (Å²) in [6.07, 6.45) is -2.78. The van der Waals surface area contributed by atoms with Crippen LogP contribution in [0.15, 0.2) is 11.5 Å². The van der Waals surface area contributed by atoms with Crippen molar-refractivity contribution in [1.82, 2.24) is 0 Å². The number of hydrogen-bond acceptors (Lipinski definition) is 6. The van der Waals surface area contributed by atoms with Gasteiger partial charge < -0.3 is 50.0 Å². The molecule has 1 aliphatic rings. The molecule has 0 aliphatic carbocycles. The van der Waals surface area contributed by atoms with Gasteiger partial charge >= 0.3 is 52.6 Å². The third-order valence-electron chi connectivity index (χ3n) is 1.48. The molecule has 4 N–H and O–H groups in total. The van der Waals surface area contributed by atoms with Crippen LogP contribution >= 0.6 is 0 Å². The van der Waals surface area contributed by atoms with Crippen molar-refractivity contribution in [1.29, 1.82) is 0 Å². The van der Waals surface area contributed by atoms with Crippen LogP contribution in [0.4, 0.5) is 0 Å². The van der Waals surface area contributed by atoms with Gasteiger partial charge in [-0.2, -0.15) is 0 Å². The molecule has 0 aromatic rings. The predicted octanol–water partition coefficient (Wildman–Crippen LogP) is -10.4. The summed E-state index contributed by atoms with van der Waals surface area (Å²) in [6, 6.07) is 0. The van der Waals surface area contributed by atoms with Gasteiger partial charge in [0.2, 0.25) is 5.76 Å². The van der Waals surface area contributed by atoms with E-state index < -0.39 is 36.3 Å². The number of rotatable bonds is 2. The molecule has 0 fully saturated rings. The number of esters is 1. The Morgan fingerprint density at radius 2 is 1.75 bits per heavy atom. The van der Waals surface area contributed by atoms with Crippen molar-refractivity contribution in [3.05, 3.63) is 11.5 Å². The normalized spacial score (nSPS) is 19.4. The Balaban J connectivity index is -0.000000180. The fourth-order valence-corrected chi connectivity index (χ4v) is 0.823. The van der Waals surface area contributed by atoms with Gasteiger partial charge in [0.1, 0.15) is 6.10 Å². The van der Waals surface area contributed by atoms with Crippen LogP contribution in [0.25, 0.3) is 0 Å². The van der Waals surface area contributed by atoms with E-state index in [0.717, 1.165) is 0 Å². The van der Waals surface area contributed by atoms with Gasteiger partial charge in [-0.25, -0.2) is 4.79 Å². The van der Waals surface area contributed by atoms with Crippen molar-refractivity contribution in [2.45, 2.75) is 12.2 Å². The number of carbonyl (C=O) groups excluding carboxylic acids is 1. The van der Waals surface area contributed by atoms with Crippen LogP contribution in [-0.2, 0) is 26.6 Å². The van der Waals surface area contributed by atoms with Gasteiger partial charge in [-0.15, -0.1) is 0 Å². The monoisotopic (exact) mass is 332 g/mol. The van der Waals surface area contributed by atoms with E-state index in [1.165, 1.54) is 0 Å². The standard InChI is InChI=1S/C6H8O6.2ClH.Cu.Na/c7-1-2(8)5-3(9)4(10)6(11)12-5;;;;/h2,5,7-10H,1H2;2*1H;;/q;;;2*+1/p-2/t2-,5+;;;;/m0..../s1. The van der Waals surface area contributed by atoms with Crippen molar-refractivity contribution in [3.63, 3.8) is 0 Å². The Morgan fingerprint density at radius 1 is 1.31 bits per heavy atom. The molecular weight excluding hydrogens is 326 g/mol. The zero-order valence-corrected chi connectivity index (χ0v) is 12.5. The Bertz CT molecular complexity index is 251. The minimum Gasteiger partial charge on any atom is -1.00 e. The number of halogens is 2. The van der Waals surface area contributed by atoms with Crippen molar-refractivity contribution in [3.8, 4) is 0 Å². The van der Waals surface area contributed by atoms with E-state index in [-0.39, 0.29) is 71.4 Å². The molecule has 1 aliphatic heterocycles. The number of aliphatic hydroxyl groups is 4. The number of hydrogen-bond donors (Lipinski definition) is 4. The summed E-state index contributed by atoms with van der Waals surface area (Å²) in [5.74, 6) is -2.78. The van der Waals surface area contributed by atoms with Crippen molar-refractivity contribution in [2.75, 3.05) is 6.61 Å². The van der Waals surface area contributed by atoms with Crippen molar-refractivity contribution >= 4 is 5.97 Å². The molecule has 0 aromatic heterocycles. The molecule has 2 atom stereocenters. The summed E-state index contributed by atoms with van der Waals surface area (Å²) in [6.45, 7) is -0.671. The summed E-state index contributed by atoms with van der Waals surface area (Å²) < 4.78 is 4.32. The molecule has 1 rings (SSSR count). The Morgan fingerprint density at radius 3 is 2.00 bits per heavy atom. The first-order valence-corrected chi connectivity index (χ1v) is 3.20. The number of cyclic esters (lactones) is 1. The van der Waals surface area contributed by atoms with E-state index in [4.69, 9.17) is 20.4 Å². The van der Waals surface area contributed by atoms with E-state index in [1.807, 2.05) is 0 Å². The summed E-state index contributed by atoms with van der Waals surface area (Å²) >= 11 is 0. The molecule has 0 saturated carbocycles. The van der Waals surface area contributed by atoms with E-state index in [1.54, 1.807) is 0 Å². The van der Waals surface area contributed by atoms with Gasteiger partial charge in [0.05, 0.1) is 6.61 Å². The molecule has 0 amide bonds. The van der Waals surface area contributed by atoms with Crippen LogP contribution in [0.3, 0.4) is 0 Å². The smallest absolute Gasteiger partial charge is 1.00 e. The third kappa shape index (κ3) is 5.44.